The fraction of sp³-hybridized carbons (Fsp3) is 0.870. The van der Waals surface area contributed by atoms with Crippen LogP contribution in [0.4, 0.5) is 4.79 Å². The summed E-state index contributed by atoms with van der Waals surface area (Å²) in [5.41, 5.74) is -0.924. The van der Waals surface area contributed by atoms with Crippen LogP contribution in [-0.2, 0) is 14.3 Å². The van der Waals surface area contributed by atoms with E-state index in [1.165, 1.54) is 4.90 Å². The predicted octanol–water partition coefficient (Wildman–Crippen LogP) is 3.62. The Morgan fingerprint density at radius 3 is 2.47 bits per heavy atom. The van der Waals surface area contributed by atoms with Crippen molar-refractivity contribution in [3.05, 3.63) is 0 Å². The maximum Gasteiger partial charge on any atom is 0.410 e. The van der Waals surface area contributed by atoms with Crippen LogP contribution in [0, 0.1) is 11.3 Å². The Kier molecular flexibility index (Phi) is 6.80. The number of ether oxygens (including phenoxy) is 1. The van der Waals surface area contributed by atoms with Crippen molar-refractivity contribution in [3.8, 4) is 0 Å². The monoisotopic (exact) mass is 421 g/mol. The minimum atomic E-state index is -0.518. The molecule has 0 aromatic carbocycles. The molecule has 0 aromatic heterocycles. The van der Waals surface area contributed by atoms with E-state index in [-0.39, 0.29) is 23.9 Å². The second kappa shape index (κ2) is 8.85. The third-order valence-corrected chi connectivity index (χ3v) is 6.70. The second-order valence-electron chi connectivity index (χ2n) is 10.7. The molecule has 170 valence electrons. The fourth-order valence-electron chi connectivity index (χ4n) is 5.17. The molecule has 2 aliphatic heterocycles. The van der Waals surface area contributed by atoms with Gasteiger partial charge in [0.05, 0.1) is 12.1 Å². The van der Waals surface area contributed by atoms with Crippen LogP contribution in [0.1, 0.15) is 79.6 Å². The zero-order chi connectivity index (χ0) is 22.1. The van der Waals surface area contributed by atoms with Gasteiger partial charge >= 0.3 is 6.09 Å². The van der Waals surface area contributed by atoms with Gasteiger partial charge in [-0.3, -0.25) is 19.4 Å². The number of nitrogens with zero attached hydrogens (tertiary/aromatic N) is 3. The number of piperidine rings is 1. The van der Waals surface area contributed by atoms with E-state index in [0.717, 1.165) is 51.6 Å². The third-order valence-electron chi connectivity index (χ3n) is 6.70. The summed E-state index contributed by atoms with van der Waals surface area (Å²) < 4.78 is 5.59. The van der Waals surface area contributed by atoms with E-state index in [1.807, 2.05) is 34.6 Å². The average Bonchev–Trinajstić information content (AvgIpc) is 3.19. The third kappa shape index (κ3) is 5.16. The molecule has 1 spiro atoms. The van der Waals surface area contributed by atoms with Crippen LogP contribution in [-0.4, -0.2) is 70.6 Å². The van der Waals surface area contributed by atoms with Gasteiger partial charge in [0.1, 0.15) is 5.60 Å². The van der Waals surface area contributed by atoms with Gasteiger partial charge in [0, 0.05) is 25.6 Å². The molecule has 1 atom stereocenters. The summed E-state index contributed by atoms with van der Waals surface area (Å²) in [7, 11) is 0. The molecule has 0 N–H and O–H groups in total. The lowest BCUT2D eigenvalue weighted by molar-refractivity contribution is -0.144. The van der Waals surface area contributed by atoms with Crippen molar-refractivity contribution in [1.29, 1.82) is 0 Å². The maximum absolute atomic E-state index is 13.0. The number of carbonyl (C=O) groups is 3. The standard InChI is InChI=1S/C23H39N3O4/c1-17(2)25(21(29)30-22(3,4)5)15-18-9-8-12-24(14-18)16-26-19(27)13-23(20(26)28)10-6-7-11-23/h17-18H,6-16H2,1-5H3/t18-/m0/s1. The van der Waals surface area contributed by atoms with Crippen molar-refractivity contribution in [2.24, 2.45) is 11.3 Å². The van der Waals surface area contributed by atoms with Crippen molar-refractivity contribution in [1.82, 2.24) is 14.7 Å². The minimum absolute atomic E-state index is 0.0124. The predicted molar refractivity (Wildman–Crippen MR) is 115 cm³/mol. The second-order valence-corrected chi connectivity index (χ2v) is 10.7. The molecule has 3 aliphatic rings. The number of hydrogen-bond acceptors (Lipinski definition) is 5. The number of likely N-dealkylation sites (tertiary alicyclic amines) is 2. The molecule has 7 nitrogen and oxygen atoms in total. The summed E-state index contributed by atoms with van der Waals surface area (Å²) in [6.07, 6.45) is 5.97. The molecule has 3 amide bonds. The fourth-order valence-corrected chi connectivity index (χ4v) is 5.17. The Morgan fingerprint density at radius 1 is 1.20 bits per heavy atom. The molecule has 3 rings (SSSR count). The molecule has 2 heterocycles. The topological polar surface area (TPSA) is 70.2 Å². The van der Waals surface area contributed by atoms with Gasteiger partial charge in [-0.2, -0.15) is 0 Å². The maximum atomic E-state index is 13.0. The highest BCUT2D eigenvalue weighted by atomic mass is 16.6. The van der Waals surface area contributed by atoms with Crippen molar-refractivity contribution in [2.75, 3.05) is 26.3 Å². The highest BCUT2D eigenvalue weighted by Crippen LogP contribution is 2.46. The number of amides is 3. The van der Waals surface area contributed by atoms with Gasteiger partial charge in [0.25, 0.3) is 0 Å². The van der Waals surface area contributed by atoms with Crippen LogP contribution < -0.4 is 0 Å². The highest BCUT2D eigenvalue weighted by Gasteiger charge is 2.52. The molecular formula is C23H39N3O4. The number of hydrogen-bond donors (Lipinski definition) is 0. The first-order valence-corrected chi connectivity index (χ1v) is 11.6. The number of imide groups is 1. The smallest absolute Gasteiger partial charge is 0.410 e. The molecule has 0 bridgehead atoms. The van der Waals surface area contributed by atoms with Gasteiger partial charge in [-0.05, 0) is 72.8 Å². The summed E-state index contributed by atoms with van der Waals surface area (Å²) in [5.74, 6) is 0.341. The summed E-state index contributed by atoms with van der Waals surface area (Å²) in [6.45, 7) is 12.4. The summed E-state index contributed by atoms with van der Waals surface area (Å²) in [4.78, 5) is 43.8. The van der Waals surface area contributed by atoms with E-state index in [2.05, 4.69) is 4.90 Å². The largest absolute Gasteiger partial charge is 0.444 e. The van der Waals surface area contributed by atoms with E-state index >= 15 is 0 Å². The normalized spacial score (nSPS) is 24.9. The van der Waals surface area contributed by atoms with Gasteiger partial charge in [0.2, 0.25) is 11.8 Å². The Labute approximate surface area is 181 Å². The lowest BCUT2D eigenvalue weighted by Crippen LogP contribution is -2.50. The summed E-state index contributed by atoms with van der Waals surface area (Å²) in [6, 6.07) is 0.0548. The molecule has 3 fully saturated rings. The van der Waals surface area contributed by atoms with Gasteiger partial charge in [-0.15, -0.1) is 0 Å². The molecule has 1 aliphatic carbocycles. The van der Waals surface area contributed by atoms with Crippen LogP contribution in [0.15, 0.2) is 0 Å². The first-order valence-electron chi connectivity index (χ1n) is 11.6. The average molecular weight is 422 g/mol. The lowest BCUT2D eigenvalue weighted by atomic mass is 9.85. The Hall–Kier alpha value is -1.63. The van der Waals surface area contributed by atoms with E-state index in [0.29, 0.717) is 25.6 Å². The zero-order valence-corrected chi connectivity index (χ0v) is 19.4. The van der Waals surface area contributed by atoms with Crippen LogP contribution >= 0.6 is 0 Å². The Balaban J connectivity index is 1.59. The SMILES string of the molecule is CC(C)N(C[C@H]1CCCN(CN2C(=O)CC3(CCCC3)C2=O)C1)C(=O)OC(C)(C)C. The van der Waals surface area contributed by atoms with Crippen LogP contribution in [0.3, 0.4) is 0 Å². The first-order chi connectivity index (χ1) is 14.0. The molecule has 30 heavy (non-hydrogen) atoms. The number of rotatable bonds is 5. The minimum Gasteiger partial charge on any atom is -0.444 e. The van der Waals surface area contributed by atoms with Crippen molar-refractivity contribution in [2.45, 2.75) is 91.2 Å². The molecule has 2 saturated heterocycles. The summed E-state index contributed by atoms with van der Waals surface area (Å²) in [5, 5.41) is 0. The van der Waals surface area contributed by atoms with Gasteiger partial charge in [-0.25, -0.2) is 4.79 Å². The molecule has 7 heteroatoms. The van der Waals surface area contributed by atoms with Gasteiger partial charge in [0.15, 0.2) is 0 Å². The van der Waals surface area contributed by atoms with Crippen molar-refractivity contribution < 1.29 is 19.1 Å². The van der Waals surface area contributed by atoms with Crippen molar-refractivity contribution >= 4 is 17.9 Å². The van der Waals surface area contributed by atoms with E-state index in [4.69, 9.17) is 4.74 Å². The Bertz CT molecular complexity index is 664. The van der Waals surface area contributed by atoms with Gasteiger partial charge < -0.3 is 9.64 Å². The lowest BCUT2D eigenvalue weighted by Gasteiger charge is -2.38. The first kappa shape index (κ1) is 23.0. The van der Waals surface area contributed by atoms with Crippen LogP contribution in [0.25, 0.3) is 0 Å². The molecule has 0 aromatic rings. The Morgan fingerprint density at radius 2 is 1.87 bits per heavy atom. The quantitative estimate of drug-likeness (QED) is 0.634. The molecule has 1 saturated carbocycles. The molecular weight excluding hydrogens is 382 g/mol. The van der Waals surface area contributed by atoms with Crippen molar-refractivity contribution in [3.63, 3.8) is 0 Å². The van der Waals surface area contributed by atoms with E-state index < -0.39 is 11.0 Å². The highest BCUT2D eigenvalue weighted by molar-refractivity contribution is 6.06. The molecule has 0 unspecified atom stereocenters. The van der Waals surface area contributed by atoms with E-state index in [1.54, 1.807) is 4.90 Å². The van der Waals surface area contributed by atoms with Gasteiger partial charge in [-0.1, -0.05) is 12.8 Å². The molecule has 0 radical (unpaired) electrons. The van der Waals surface area contributed by atoms with Crippen LogP contribution in [0.5, 0.6) is 0 Å². The number of carbonyl (C=O) groups excluding carboxylic acids is 3. The van der Waals surface area contributed by atoms with E-state index in [9.17, 15) is 14.4 Å². The van der Waals surface area contributed by atoms with Crippen LogP contribution in [0.2, 0.25) is 0 Å². The summed E-state index contributed by atoms with van der Waals surface area (Å²) >= 11 is 0. The zero-order valence-electron chi connectivity index (χ0n) is 19.4.